The molecule has 1 aromatic rings. The molecule has 1 aliphatic rings. The van der Waals surface area contributed by atoms with Gasteiger partial charge in [-0.05, 0) is 25.3 Å². The van der Waals surface area contributed by atoms with Crippen molar-refractivity contribution in [2.45, 2.75) is 25.9 Å². The summed E-state index contributed by atoms with van der Waals surface area (Å²) in [4.78, 5) is 11.5. The first-order valence-electron chi connectivity index (χ1n) is 5.83. The highest BCUT2D eigenvalue weighted by molar-refractivity contribution is 5.77. The second kappa shape index (κ2) is 5.19. The van der Waals surface area contributed by atoms with Crippen LogP contribution in [-0.4, -0.2) is 24.3 Å². The van der Waals surface area contributed by atoms with Gasteiger partial charge in [-0.15, -0.1) is 0 Å². The maximum Gasteiger partial charge on any atom is 0.339 e. The number of aliphatic hydroxyl groups excluding tert-OH is 1. The Balaban J connectivity index is 2.28. The Kier molecular flexibility index (Phi) is 3.64. The van der Waals surface area contributed by atoms with E-state index < -0.39 is 12.1 Å². The molecule has 0 saturated heterocycles. The Hall–Kier alpha value is -1.55. The number of aryl methyl sites for hydroxylation is 1. The third-order valence-electron chi connectivity index (χ3n) is 2.77. The molecule has 0 radical (unpaired) electrons. The maximum absolute atomic E-state index is 11.5. The predicted molar refractivity (Wildman–Crippen MR) is 61.9 cm³/mol. The van der Waals surface area contributed by atoms with E-state index in [0.717, 1.165) is 18.4 Å². The van der Waals surface area contributed by atoms with E-state index in [0.29, 0.717) is 17.9 Å². The average molecular weight is 236 g/mol. The van der Waals surface area contributed by atoms with Crippen molar-refractivity contribution in [3.05, 3.63) is 29.3 Å². The number of para-hydroxylation sites is 1. The SMILES string of the molecule is CCOC(=O)C(O)c1cccc2c1OCCC2. The van der Waals surface area contributed by atoms with Crippen LogP contribution >= 0.6 is 0 Å². The van der Waals surface area contributed by atoms with Gasteiger partial charge in [-0.1, -0.05) is 18.2 Å². The normalized spacial score (nSPS) is 15.6. The van der Waals surface area contributed by atoms with Gasteiger partial charge in [-0.3, -0.25) is 0 Å². The smallest absolute Gasteiger partial charge is 0.339 e. The first kappa shape index (κ1) is 11.9. The van der Waals surface area contributed by atoms with Crippen molar-refractivity contribution in [1.29, 1.82) is 0 Å². The molecule has 1 heterocycles. The molecule has 0 spiro atoms. The Morgan fingerprint density at radius 2 is 2.41 bits per heavy atom. The molecule has 0 aromatic heterocycles. The van der Waals surface area contributed by atoms with Crippen molar-refractivity contribution in [2.24, 2.45) is 0 Å². The summed E-state index contributed by atoms with van der Waals surface area (Å²) in [5.41, 5.74) is 1.54. The largest absolute Gasteiger partial charge is 0.493 e. The first-order chi connectivity index (χ1) is 8.24. The number of carbonyl (C=O) groups is 1. The van der Waals surface area contributed by atoms with Crippen LogP contribution in [0.4, 0.5) is 0 Å². The van der Waals surface area contributed by atoms with Crippen LogP contribution in [0.2, 0.25) is 0 Å². The minimum Gasteiger partial charge on any atom is -0.493 e. The summed E-state index contributed by atoms with van der Waals surface area (Å²) in [7, 11) is 0. The van der Waals surface area contributed by atoms with Crippen LogP contribution in [0.15, 0.2) is 18.2 Å². The van der Waals surface area contributed by atoms with E-state index in [1.54, 1.807) is 13.0 Å². The second-order valence-corrected chi connectivity index (χ2v) is 3.94. The Morgan fingerprint density at radius 1 is 1.59 bits per heavy atom. The summed E-state index contributed by atoms with van der Waals surface area (Å²) in [6.45, 7) is 2.59. The highest BCUT2D eigenvalue weighted by Gasteiger charge is 2.25. The highest BCUT2D eigenvalue weighted by atomic mass is 16.5. The number of hydrogen-bond acceptors (Lipinski definition) is 4. The van der Waals surface area contributed by atoms with E-state index in [1.807, 2.05) is 12.1 Å². The maximum atomic E-state index is 11.5. The molecule has 0 aliphatic carbocycles. The molecule has 2 rings (SSSR count). The predicted octanol–water partition coefficient (Wildman–Crippen LogP) is 1.61. The molecule has 1 unspecified atom stereocenters. The van der Waals surface area contributed by atoms with Crippen LogP contribution in [0.1, 0.15) is 30.6 Å². The number of esters is 1. The molecule has 17 heavy (non-hydrogen) atoms. The third kappa shape index (κ3) is 2.42. The zero-order valence-corrected chi connectivity index (χ0v) is 9.81. The van der Waals surface area contributed by atoms with E-state index in [4.69, 9.17) is 9.47 Å². The van der Waals surface area contributed by atoms with Crippen LogP contribution in [-0.2, 0) is 16.0 Å². The molecule has 1 atom stereocenters. The summed E-state index contributed by atoms with van der Waals surface area (Å²) in [5.74, 6) is 0.00868. The number of fused-ring (bicyclic) bond motifs is 1. The number of carbonyl (C=O) groups excluding carboxylic acids is 1. The summed E-state index contributed by atoms with van der Waals surface area (Å²) in [6.07, 6.45) is 0.619. The fourth-order valence-corrected chi connectivity index (χ4v) is 1.98. The average Bonchev–Trinajstić information content (AvgIpc) is 2.37. The fourth-order valence-electron chi connectivity index (χ4n) is 1.98. The van der Waals surface area contributed by atoms with Gasteiger partial charge in [0.2, 0.25) is 0 Å². The van der Waals surface area contributed by atoms with E-state index in [9.17, 15) is 9.90 Å². The van der Waals surface area contributed by atoms with Crippen LogP contribution in [0.3, 0.4) is 0 Å². The van der Waals surface area contributed by atoms with Gasteiger partial charge in [0.15, 0.2) is 6.10 Å². The number of aliphatic hydroxyl groups is 1. The van der Waals surface area contributed by atoms with Gasteiger partial charge in [0, 0.05) is 5.56 Å². The topological polar surface area (TPSA) is 55.8 Å². The number of benzene rings is 1. The van der Waals surface area contributed by atoms with Crippen LogP contribution in [0, 0.1) is 0 Å². The Labute approximate surface area is 100 Å². The van der Waals surface area contributed by atoms with Gasteiger partial charge in [0.1, 0.15) is 5.75 Å². The minimum absolute atomic E-state index is 0.256. The summed E-state index contributed by atoms with van der Waals surface area (Å²) >= 11 is 0. The van der Waals surface area contributed by atoms with E-state index in [2.05, 4.69) is 0 Å². The fraction of sp³-hybridized carbons (Fsp3) is 0.462. The zero-order chi connectivity index (χ0) is 12.3. The van der Waals surface area contributed by atoms with Gasteiger partial charge in [-0.2, -0.15) is 0 Å². The van der Waals surface area contributed by atoms with E-state index in [-0.39, 0.29) is 6.61 Å². The van der Waals surface area contributed by atoms with Crippen LogP contribution in [0.5, 0.6) is 5.75 Å². The quantitative estimate of drug-likeness (QED) is 0.810. The Morgan fingerprint density at radius 3 is 3.18 bits per heavy atom. The minimum atomic E-state index is -1.26. The molecular weight excluding hydrogens is 220 g/mol. The van der Waals surface area contributed by atoms with Crippen molar-refractivity contribution in [2.75, 3.05) is 13.2 Å². The van der Waals surface area contributed by atoms with E-state index in [1.165, 1.54) is 0 Å². The van der Waals surface area contributed by atoms with Crippen molar-refractivity contribution < 1.29 is 19.4 Å². The molecule has 4 heteroatoms. The lowest BCUT2D eigenvalue weighted by Gasteiger charge is -2.22. The standard InChI is InChI=1S/C13H16O4/c1-2-16-13(15)11(14)10-7-3-5-9-6-4-8-17-12(9)10/h3,5,7,11,14H,2,4,6,8H2,1H3. The van der Waals surface area contributed by atoms with Gasteiger partial charge in [0.05, 0.1) is 13.2 Å². The van der Waals surface area contributed by atoms with Gasteiger partial charge < -0.3 is 14.6 Å². The number of ether oxygens (including phenoxy) is 2. The lowest BCUT2D eigenvalue weighted by atomic mass is 9.99. The third-order valence-corrected chi connectivity index (χ3v) is 2.77. The van der Waals surface area contributed by atoms with Crippen LogP contribution in [0.25, 0.3) is 0 Å². The monoisotopic (exact) mass is 236 g/mol. The van der Waals surface area contributed by atoms with Crippen molar-refractivity contribution in [3.63, 3.8) is 0 Å². The van der Waals surface area contributed by atoms with Crippen molar-refractivity contribution in [3.8, 4) is 5.75 Å². The summed E-state index contributed by atoms with van der Waals surface area (Å²) < 4.78 is 10.3. The van der Waals surface area contributed by atoms with Crippen molar-refractivity contribution in [1.82, 2.24) is 0 Å². The zero-order valence-electron chi connectivity index (χ0n) is 9.81. The molecule has 0 fully saturated rings. The van der Waals surface area contributed by atoms with Crippen molar-refractivity contribution >= 4 is 5.97 Å². The molecular formula is C13H16O4. The lowest BCUT2D eigenvalue weighted by Crippen LogP contribution is -2.18. The number of hydrogen-bond donors (Lipinski definition) is 1. The molecule has 92 valence electrons. The number of rotatable bonds is 3. The summed E-state index contributed by atoms with van der Waals surface area (Å²) in [5, 5.41) is 9.92. The van der Waals surface area contributed by atoms with E-state index >= 15 is 0 Å². The molecule has 1 N–H and O–H groups in total. The lowest BCUT2D eigenvalue weighted by molar-refractivity contribution is -0.153. The summed E-state index contributed by atoms with van der Waals surface area (Å²) in [6, 6.07) is 5.48. The molecule has 1 aliphatic heterocycles. The molecule has 1 aromatic carbocycles. The van der Waals surface area contributed by atoms with Gasteiger partial charge in [0.25, 0.3) is 0 Å². The van der Waals surface area contributed by atoms with Gasteiger partial charge >= 0.3 is 5.97 Å². The molecule has 0 amide bonds. The second-order valence-electron chi connectivity index (χ2n) is 3.94. The van der Waals surface area contributed by atoms with Crippen LogP contribution < -0.4 is 4.74 Å². The molecule has 4 nitrogen and oxygen atoms in total. The molecule has 0 saturated carbocycles. The van der Waals surface area contributed by atoms with Gasteiger partial charge in [-0.25, -0.2) is 4.79 Å². The highest BCUT2D eigenvalue weighted by Crippen LogP contribution is 2.33. The first-order valence-corrected chi connectivity index (χ1v) is 5.83. The Bertz CT molecular complexity index is 414. The molecule has 0 bridgehead atoms.